The van der Waals surface area contributed by atoms with E-state index in [0.717, 1.165) is 0 Å². The van der Waals surface area contributed by atoms with E-state index in [-0.39, 0.29) is 12.1 Å². The topological polar surface area (TPSA) is 64.4 Å². The molecule has 2 heterocycles. The summed E-state index contributed by atoms with van der Waals surface area (Å²) in [6.45, 7) is 8.14. The van der Waals surface area contributed by atoms with E-state index in [1.807, 2.05) is 27.7 Å². The van der Waals surface area contributed by atoms with Gasteiger partial charge in [-0.05, 0) is 39.3 Å². The SMILES string of the molecule is C[C@@H]1CN(C(=O)OC(C)(C)C)Cc2ncc(C(=O)Cl)n21. The molecule has 1 amide bonds. The number of nitrogens with zero attached hydrogens (tertiary/aromatic N) is 3. The Morgan fingerprint density at radius 2 is 2.10 bits per heavy atom. The highest BCUT2D eigenvalue weighted by atomic mass is 35.5. The molecule has 0 saturated heterocycles. The number of ether oxygens (including phenoxy) is 1. The van der Waals surface area contributed by atoms with Gasteiger partial charge < -0.3 is 9.30 Å². The summed E-state index contributed by atoms with van der Waals surface area (Å²) < 4.78 is 7.13. The third-order valence-corrected chi connectivity index (χ3v) is 3.18. The Balaban J connectivity index is 2.20. The van der Waals surface area contributed by atoms with Crippen LogP contribution in [0.15, 0.2) is 6.20 Å². The molecule has 1 aromatic rings. The first-order valence-electron chi connectivity index (χ1n) is 6.43. The molecular weight excluding hydrogens is 282 g/mol. The second-order valence-corrected chi connectivity index (χ2v) is 6.26. The van der Waals surface area contributed by atoms with Gasteiger partial charge in [-0.15, -0.1) is 0 Å². The number of hydrogen-bond acceptors (Lipinski definition) is 4. The standard InChI is InChI=1S/C13H18ClN3O3/c1-8-6-16(12(19)20-13(2,3)4)7-10-15-5-9(11(14)18)17(8)10/h5,8H,6-7H2,1-4H3/t8-/m1/s1. The molecule has 2 rings (SSSR count). The van der Waals surface area contributed by atoms with Crippen molar-refractivity contribution in [3.63, 3.8) is 0 Å². The lowest BCUT2D eigenvalue weighted by molar-refractivity contribution is 0.0169. The zero-order valence-corrected chi connectivity index (χ0v) is 12.8. The molecule has 0 unspecified atom stereocenters. The van der Waals surface area contributed by atoms with Crippen LogP contribution in [-0.4, -0.2) is 37.9 Å². The van der Waals surface area contributed by atoms with Gasteiger partial charge in [-0.2, -0.15) is 0 Å². The van der Waals surface area contributed by atoms with Crippen LogP contribution in [0.1, 0.15) is 50.0 Å². The van der Waals surface area contributed by atoms with Crippen molar-refractivity contribution in [3.05, 3.63) is 17.7 Å². The number of fused-ring (bicyclic) bond motifs is 1. The van der Waals surface area contributed by atoms with E-state index in [9.17, 15) is 9.59 Å². The summed E-state index contributed by atoms with van der Waals surface area (Å²) in [6, 6.07) is -0.0773. The van der Waals surface area contributed by atoms with Crippen LogP contribution < -0.4 is 0 Å². The van der Waals surface area contributed by atoms with Crippen molar-refractivity contribution in [2.24, 2.45) is 0 Å². The number of aromatic nitrogens is 2. The maximum absolute atomic E-state index is 12.1. The van der Waals surface area contributed by atoms with E-state index in [4.69, 9.17) is 16.3 Å². The summed E-state index contributed by atoms with van der Waals surface area (Å²) in [5.41, 5.74) is -0.178. The third kappa shape index (κ3) is 2.95. The number of hydrogen-bond donors (Lipinski definition) is 0. The maximum atomic E-state index is 12.1. The molecule has 1 aliphatic rings. The molecular formula is C13H18ClN3O3. The van der Waals surface area contributed by atoms with Gasteiger partial charge >= 0.3 is 6.09 Å². The van der Waals surface area contributed by atoms with Crippen molar-refractivity contribution in [1.29, 1.82) is 0 Å². The molecule has 1 aliphatic heterocycles. The van der Waals surface area contributed by atoms with Crippen LogP contribution in [-0.2, 0) is 11.3 Å². The monoisotopic (exact) mass is 299 g/mol. The van der Waals surface area contributed by atoms with Crippen molar-refractivity contribution < 1.29 is 14.3 Å². The van der Waals surface area contributed by atoms with Crippen LogP contribution in [0.5, 0.6) is 0 Å². The largest absolute Gasteiger partial charge is 0.444 e. The second kappa shape index (κ2) is 5.09. The normalized spacial score (nSPS) is 18.6. The van der Waals surface area contributed by atoms with Crippen molar-refractivity contribution >= 4 is 22.9 Å². The van der Waals surface area contributed by atoms with Crippen molar-refractivity contribution in [2.75, 3.05) is 6.54 Å². The highest BCUT2D eigenvalue weighted by Crippen LogP contribution is 2.25. The van der Waals surface area contributed by atoms with Gasteiger partial charge in [-0.1, -0.05) is 0 Å². The molecule has 1 aromatic heterocycles. The Morgan fingerprint density at radius 1 is 1.45 bits per heavy atom. The van der Waals surface area contributed by atoms with Crippen molar-refractivity contribution in [1.82, 2.24) is 14.5 Å². The highest BCUT2D eigenvalue weighted by Gasteiger charge is 2.31. The van der Waals surface area contributed by atoms with Gasteiger partial charge in [0.2, 0.25) is 0 Å². The third-order valence-electron chi connectivity index (χ3n) is 2.98. The Labute approximate surface area is 122 Å². The van der Waals surface area contributed by atoms with Crippen molar-refractivity contribution in [2.45, 2.75) is 45.9 Å². The van der Waals surface area contributed by atoms with Crippen LogP contribution in [0.2, 0.25) is 0 Å². The minimum absolute atomic E-state index is 0.0773. The van der Waals surface area contributed by atoms with E-state index >= 15 is 0 Å². The Kier molecular flexibility index (Phi) is 3.77. The first kappa shape index (κ1) is 14.8. The molecule has 0 saturated carbocycles. The first-order chi connectivity index (χ1) is 9.19. The molecule has 7 heteroatoms. The molecule has 0 spiro atoms. The van der Waals surface area contributed by atoms with E-state index in [1.165, 1.54) is 6.20 Å². The molecule has 6 nitrogen and oxygen atoms in total. The summed E-state index contributed by atoms with van der Waals surface area (Å²) in [7, 11) is 0. The van der Waals surface area contributed by atoms with Crippen LogP contribution in [0, 0.1) is 0 Å². The summed E-state index contributed by atoms with van der Waals surface area (Å²) in [4.78, 5) is 29.2. The first-order valence-corrected chi connectivity index (χ1v) is 6.80. The average Bonchev–Trinajstić information content (AvgIpc) is 2.70. The molecule has 0 radical (unpaired) electrons. The lowest BCUT2D eigenvalue weighted by Gasteiger charge is -2.34. The molecule has 0 aliphatic carbocycles. The maximum Gasteiger partial charge on any atom is 0.410 e. The Bertz CT molecular complexity index is 548. The van der Waals surface area contributed by atoms with Crippen LogP contribution in [0.4, 0.5) is 4.79 Å². The Morgan fingerprint density at radius 3 is 2.65 bits per heavy atom. The van der Waals surface area contributed by atoms with Gasteiger partial charge in [-0.25, -0.2) is 9.78 Å². The summed E-state index contributed by atoms with van der Waals surface area (Å²) in [5, 5.41) is -0.540. The molecule has 0 bridgehead atoms. The Hall–Kier alpha value is -1.56. The molecule has 110 valence electrons. The van der Waals surface area contributed by atoms with E-state index in [2.05, 4.69) is 4.98 Å². The lowest BCUT2D eigenvalue weighted by atomic mass is 10.2. The molecule has 1 atom stereocenters. The number of imidazole rings is 1. The fraction of sp³-hybridized carbons (Fsp3) is 0.615. The molecule has 0 fully saturated rings. The highest BCUT2D eigenvalue weighted by molar-refractivity contribution is 6.67. The number of halogens is 1. The summed E-state index contributed by atoms with van der Waals surface area (Å²) in [5.74, 6) is 0.638. The van der Waals surface area contributed by atoms with Gasteiger partial charge in [0.25, 0.3) is 5.24 Å². The van der Waals surface area contributed by atoms with Gasteiger partial charge in [0.15, 0.2) is 0 Å². The fourth-order valence-corrected chi connectivity index (χ4v) is 2.39. The minimum atomic E-state index is -0.540. The van der Waals surface area contributed by atoms with E-state index in [1.54, 1.807) is 9.47 Å². The number of rotatable bonds is 1. The van der Waals surface area contributed by atoms with Crippen LogP contribution in [0.25, 0.3) is 0 Å². The molecule has 20 heavy (non-hydrogen) atoms. The van der Waals surface area contributed by atoms with E-state index < -0.39 is 10.8 Å². The van der Waals surface area contributed by atoms with E-state index in [0.29, 0.717) is 24.6 Å². The molecule has 0 aromatic carbocycles. The molecule has 0 N–H and O–H groups in total. The second-order valence-electron chi connectivity index (χ2n) is 5.91. The minimum Gasteiger partial charge on any atom is -0.444 e. The summed E-state index contributed by atoms with van der Waals surface area (Å²) in [6.07, 6.45) is 1.07. The fourth-order valence-electron chi connectivity index (χ4n) is 2.25. The van der Waals surface area contributed by atoms with Crippen LogP contribution in [0.3, 0.4) is 0 Å². The quantitative estimate of drug-likeness (QED) is 0.748. The smallest absolute Gasteiger partial charge is 0.410 e. The van der Waals surface area contributed by atoms with Gasteiger partial charge in [0.05, 0.1) is 18.8 Å². The van der Waals surface area contributed by atoms with Gasteiger partial charge in [-0.3, -0.25) is 9.69 Å². The number of carbonyl (C=O) groups excluding carboxylic acids is 2. The lowest BCUT2D eigenvalue weighted by Crippen LogP contribution is -2.43. The summed E-state index contributed by atoms with van der Waals surface area (Å²) >= 11 is 5.53. The van der Waals surface area contributed by atoms with Gasteiger partial charge in [0.1, 0.15) is 17.1 Å². The number of amides is 1. The zero-order chi connectivity index (χ0) is 15.1. The average molecular weight is 300 g/mol. The number of carbonyl (C=O) groups is 2. The van der Waals surface area contributed by atoms with Crippen LogP contribution >= 0.6 is 11.6 Å². The predicted octanol–water partition coefficient (Wildman–Crippen LogP) is 2.57. The zero-order valence-electron chi connectivity index (χ0n) is 12.0. The van der Waals surface area contributed by atoms with Crippen molar-refractivity contribution in [3.8, 4) is 0 Å². The van der Waals surface area contributed by atoms with Gasteiger partial charge in [0, 0.05) is 6.54 Å². The predicted molar refractivity (Wildman–Crippen MR) is 73.8 cm³/mol.